The number of benzene rings is 1. The van der Waals surface area contributed by atoms with Gasteiger partial charge < -0.3 is 4.74 Å². The highest BCUT2D eigenvalue weighted by molar-refractivity contribution is 7.16. The molecule has 0 spiro atoms. The predicted molar refractivity (Wildman–Crippen MR) is 100 cm³/mol. The zero-order valence-electron chi connectivity index (χ0n) is 14.2. The van der Waals surface area contributed by atoms with Gasteiger partial charge in [-0.25, -0.2) is 4.98 Å². The molecule has 0 saturated heterocycles. The van der Waals surface area contributed by atoms with Crippen LogP contribution < -0.4 is 9.64 Å². The Morgan fingerprint density at radius 2 is 2.20 bits per heavy atom. The molecule has 1 aliphatic carbocycles. The van der Waals surface area contributed by atoms with Crippen molar-refractivity contribution in [3.8, 4) is 5.75 Å². The van der Waals surface area contributed by atoms with E-state index in [0.29, 0.717) is 19.6 Å². The average molecular weight is 354 g/mol. The smallest absolute Gasteiger partial charge is 0.235 e. The zero-order valence-corrected chi connectivity index (χ0v) is 15.1. The number of thiazole rings is 1. The fourth-order valence-electron chi connectivity index (χ4n) is 3.55. The number of fused-ring (bicyclic) bond motifs is 2. The minimum absolute atomic E-state index is 0.0838. The van der Waals surface area contributed by atoms with E-state index in [1.807, 2.05) is 24.3 Å². The SMILES string of the molecule is C=CCN(C(=O)[C@H]1COc2ccccc2C1)c1nc2c(s1)CCCC2. The third-order valence-electron chi connectivity index (χ3n) is 4.87. The van der Waals surface area contributed by atoms with Crippen molar-refractivity contribution in [1.29, 1.82) is 0 Å². The Morgan fingerprint density at radius 3 is 3.04 bits per heavy atom. The van der Waals surface area contributed by atoms with Crippen LogP contribution in [0, 0.1) is 5.92 Å². The summed E-state index contributed by atoms with van der Waals surface area (Å²) in [5, 5.41) is 0.815. The van der Waals surface area contributed by atoms with Gasteiger partial charge in [-0.05, 0) is 43.7 Å². The van der Waals surface area contributed by atoms with Crippen molar-refractivity contribution in [3.05, 3.63) is 53.1 Å². The third-order valence-corrected chi connectivity index (χ3v) is 6.05. The summed E-state index contributed by atoms with van der Waals surface area (Å²) in [4.78, 5) is 21.1. The first-order chi connectivity index (χ1) is 12.3. The maximum absolute atomic E-state index is 13.2. The first kappa shape index (κ1) is 16.3. The second-order valence-corrected chi connectivity index (χ2v) is 7.69. The second kappa shape index (κ2) is 7.00. The van der Waals surface area contributed by atoms with Gasteiger partial charge in [0.15, 0.2) is 5.13 Å². The number of hydrogen-bond donors (Lipinski definition) is 0. The normalized spacial score (nSPS) is 18.6. The van der Waals surface area contributed by atoms with Gasteiger partial charge in [0.05, 0.1) is 11.6 Å². The van der Waals surface area contributed by atoms with Crippen LogP contribution in [0.2, 0.25) is 0 Å². The standard InChI is InChI=1S/C20H22N2O2S/c1-2-11-22(20-21-16-8-4-6-10-18(16)25-20)19(23)15-12-14-7-3-5-9-17(14)24-13-15/h2-3,5,7,9,15H,1,4,6,8,10-13H2/t15-/m1/s1. The molecule has 0 saturated carbocycles. The van der Waals surface area contributed by atoms with Crippen molar-refractivity contribution in [3.63, 3.8) is 0 Å². The monoisotopic (exact) mass is 354 g/mol. The number of carbonyl (C=O) groups is 1. The molecule has 1 aromatic heterocycles. The Morgan fingerprint density at radius 1 is 1.36 bits per heavy atom. The fourth-order valence-corrected chi connectivity index (χ4v) is 4.72. The summed E-state index contributed by atoms with van der Waals surface area (Å²) in [5.41, 5.74) is 2.28. The molecule has 0 radical (unpaired) electrons. The largest absolute Gasteiger partial charge is 0.492 e. The van der Waals surface area contributed by atoms with Gasteiger partial charge in [0, 0.05) is 11.4 Å². The van der Waals surface area contributed by atoms with E-state index in [-0.39, 0.29) is 11.8 Å². The molecule has 1 aliphatic heterocycles. The summed E-state index contributed by atoms with van der Waals surface area (Å²) in [7, 11) is 0. The van der Waals surface area contributed by atoms with Crippen molar-refractivity contribution in [2.75, 3.05) is 18.1 Å². The highest BCUT2D eigenvalue weighted by Crippen LogP contribution is 2.34. The molecule has 2 aromatic rings. The molecule has 0 unspecified atom stereocenters. The molecular weight excluding hydrogens is 332 g/mol. The lowest BCUT2D eigenvalue weighted by Gasteiger charge is -2.28. The Labute approximate surface area is 152 Å². The van der Waals surface area contributed by atoms with Crippen molar-refractivity contribution >= 4 is 22.4 Å². The van der Waals surface area contributed by atoms with Crippen LogP contribution in [0.3, 0.4) is 0 Å². The molecule has 1 aromatic carbocycles. The summed E-state index contributed by atoms with van der Waals surface area (Å²) >= 11 is 1.67. The van der Waals surface area contributed by atoms with Crippen LogP contribution >= 0.6 is 11.3 Å². The minimum atomic E-state index is -0.171. The number of anilines is 1. The van der Waals surface area contributed by atoms with Gasteiger partial charge >= 0.3 is 0 Å². The molecule has 130 valence electrons. The van der Waals surface area contributed by atoms with Gasteiger partial charge in [-0.15, -0.1) is 17.9 Å². The fraction of sp³-hybridized carbons (Fsp3) is 0.400. The van der Waals surface area contributed by atoms with Gasteiger partial charge in [-0.1, -0.05) is 24.3 Å². The number of hydrogen-bond acceptors (Lipinski definition) is 4. The lowest BCUT2D eigenvalue weighted by atomic mass is 9.95. The Balaban J connectivity index is 1.57. The number of aromatic nitrogens is 1. The Bertz CT molecular complexity index is 775. The summed E-state index contributed by atoms with van der Waals surface area (Å²) in [6.07, 6.45) is 7.02. The average Bonchev–Trinajstić information content (AvgIpc) is 3.09. The number of aryl methyl sites for hydroxylation is 2. The second-order valence-electron chi connectivity index (χ2n) is 6.63. The molecule has 2 heterocycles. The molecule has 2 aliphatic rings. The van der Waals surface area contributed by atoms with E-state index in [1.165, 1.54) is 23.4 Å². The van der Waals surface area contributed by atoms with E-state index in [9.17, 15) is 4.79 Å². The van der Waals surface area contributed by atoms with Gasteiger partial charge in [-0.3, -0.25) is 9.69 Å². The number of amides is 1. The lowest BCUT2D eigenvalue weighted by molar-refractivity contribution is -0.123. The molecule has 4 rings (SSSR count). The topological polar surface area (TPSA) is 42.4 Å². The van der Waals surface area contributed by atoms with E-state index in [0.717, 1.165) is 29.3 Å². The van der Waals surface area contributed by atoms with E-state index in [1.54, 1.807) is 22.3 Å². The van der Waals surface area contributed by atoms with E-state index >= 15 is 0 Å². The molecule has 5 heteroatoms. The first-order valence-electron chi connectivity index (χ1n) is 8.88. The highest BCUT2D eigenvalue weighted by atomic mass is 32.1. The van der Waals surface area contributed by atoms with E-state index < -0.39 is 0 Å². The molecular formula is C20H22N2O2S. The van der Waals surface area contributed by atoms with E-state index in [4.69, 9.17) is 9.72 Å². The van der Waals surface area contributed by atoms with Crippen molar-refractivity contribution in [2.45, 2.75) is 32.1 Å². The highest BCUT2D eigenvalue weighted by Gasteiger charge is 2.31. The van der Waals surface area contributed by atoms with Crippen LogP contribution in [0.4, 0.5) is 5.13 Å². The predicted octanol–water partition coefficient (Wildman–Crippen LogP) is 3.79. The number of para-hydroxylation sites is 1. The van der Waals surface area contributed by atoms with Gasteiger partial charge in [0.25, 0.3) is 0 Å². The number of rotatable bonds is 4. The van der Waals surface area contributed by atoms with Gasteiger partial charge in [-0.2, -0.15) is 0 Å². The molecule has 0 bridgehead atoms. The summed E-state index contributed by atoms with van der Waals surface area (Å²) < 4.78 is 5.81. The number of ether oxygens (including phenoxy) is 1. The summed E-state index contributed by atoms with van der Waals surface area (Å²) in [6.45, 7) is 4.74. The molecule has 4 nitrogen and oxygen atoms in total. The Kier molecular flexibility index (Phi) is 4.57. The van der Waals surface area contributed by atoms with Crippen molar-refractivity contribution in [2.24, 2.45) is 5.92 Å². The third kappa shape index (κ3) is 3.21. The minimum Gasteiger partial charge on any atom is -0.492 e. The van der Waals surface area contributed by atoms with Gasteiger partial charge in [0.1, 0.15) is 12.4 Å². The van der Waals surface area contributed by atoms with Crippen LogP contribution in [-0.4, -0.2) is 24.0 Å². The first-order valence-corrected chi connectivity index (χ1v) is 9.69. The van der Waals surface area contributed by atoms with Crippen LogP contribution in [0.15, 0.2) is 36.9 Å². The number of carbonyl (C=O) groups excluding carboxylic acids is 1. The van der Waals surface area contributed by atoms with Crippen LogP contribution in [0.5, 0.6) is 5.75 Å². The van der Waals surface area contributed by atoms with Crippen LogP contribution in [0.1, 0.15) is 29.0 Å². The van der Waals surface area contributed by atoms with Crippen molar-refractivity contribution < 1.29 is 9.53 Å². The molecule has 1 atom stereocenters. The molecule has 0 fully saturated rings. The lowest BCUT2D eigenvalue weighted by Crippen LogP contribution is -2.41. The van der Waals surface area contributed by atoms with Crippen LogP contribution in [-0.2, 0) is 24.1 Å². The zero-order chi connectivity index (χ0) is 17.2. The Hall–Kier alpha value is -2.14. The van der Waals surface area contributed by atoms with Crippen molar-refractivity contribution in [1.82, 2.24) is 4.98 Å². The molecule has 1 amide bonds. The quantitative estimate of drug-likeness (QED) is 0.785. The molecule has 0 N–H and O–H groups in total. The summed E-state index contributed by atoms with van der Waals surface area (Å²) in [6, 6.07) is 7.96. The maximum Gasteiger partial charge on any atom is 0.235 e. The van der Waals surface area contributed by atoms with E-state index in [2.05, 4.69) is 6.58 Å². The van der Waals surface area contributed by atoms with Crippen LogP contribution in [0.25, 0.3) is 0 Å². The maximum atomic E-state index is 13.2. The summed E-state index contributed by atoms with van der Waals surface area (Å²) in [5.74, 6) is 0.808. The number of nitrogens with zero attached hydrogens (tertiary/aromatic N) is 2. The molecule has 25 heavy (non-hydrogen) atoms. The van der Waals surface area contributed by atoms with Gasteiger partial charge in [0.2, 0.25) is 5.91 Å².